The van der Waals surface area contributed by atoms with Gasteiger partial charge in [0.05, 0.1) is 11.2 Å². The highest BCUT2D eigenvalue weighted by molar-refractivity contribution is 6.32. The number of carbonyl (C=O) groups is 2. The van der Waals surface area contributed by atoms with Crippen LogP contribution in [0.2, 0.25) is 5.02 Å². The number of hydrogen-bond donors (Lipinski definition) is 0. The number of amides is 2. The molecule has 170 valence electrons. The lowest BCUT2D eigenvalue weighted by molar-refractivity contribution is -0.124. The molecule has 6 nitrogen and oxygen atoms in total. The van der Waals surface area contributed by atoms with E-state index >= 15 is 0 Å². The zero-order chi connectivity index (χ0) is 23.1. The number of pyridine rings is 1. The third-order valence-electron chi connectivity index (χ3n) is 5.55. The summed E-state index contributed by atoms with van der Waals surface area (Å²) in [6.45, 7) is -0.178. The van der Waals surface area contributed by atoms with Crippen molar-refractivity contribution in [2.24, 2.45) is 11.0 Å². The average Bonchev–Trinajstić information content (AvgIpc) is 2.82. The SMILES string of the molecule is CN(C(=O)N(CC(=O)C1CCCCC1)/N=C/c1ccncc1Cl)c1ccc(C(F)F)cc1. The van der Waals surface area contributed by atoms with Crippen LogP contribution in [-0.2, 0) is 4.79 Å². The molecule has 0 aliphatic heterocycles. The maximum absolute atomic E-state index is 13.2. The summed E-state index contributed by atoms with van der Waals surface area (Å²) in [5.41, 5.74) is 0.824. The van der Waals surface area contributed by atoms with Gasteiger partial charge in [-0.2, -0.15) is 5.10 Å². The summed E-state index contributed by atoms with van der Waals surface area (Å²) >= 11 is 6.12. The third-order valence-corrected chi connectivity index (χ3v) is 5.86. The van der Waals surface area contributed by atoms with E-state index in [1.54, 1.807) is 12.3 Å². The molecule has 0 radical (unpaired) electrons. The standard InChI is InChI=1S/C23H25ClF2N4O2/c1-29(19-9-7-17(8-10-19)22(25)26)23(32)30(15-21(31)16-5-3-2-4-6-16)28-13-18-11-12-27-14-20(18)24/h7-14,16,22H,2-6,15H2,1H3/b28-13+. The Morgan fingerprint density at radius 2 is 1.88 bits per heavy atom. The smallest absolute Gasteiger partial charge is 0.297 e. The normalized spacial score (nSPS) is 14.7. The van der Waals surface area contributed by atoms with E-state index in [9.17, 15) is 18.4 Å². The molecule has 1 heterocycles. The van der Waals surface area contributed by atoms with E-state index in [0.717, 1.165) is 37.1 Å². The highest BCUT2D eigenvalue weighted by Crippen LogP contribution is 2.26. The number of aromatic nitrogens is 1. The zero-order valence-electron chi connectivity index (χ0n) is 17.8. The fourth-order valence-corrected chi connectivity index (χ4v) is 3.78. The lowest BCUT2D eigenvalue weighted by Gasteiger charge is -2.27. The van der Waals surface area contributed by atoms with Crippen molar-refractivity contribution in [1.82, 2.24) is 9.99 Å². The van der Waals surface area contributed by atoms with E-state index in [-0.39, 0.29) is 23.8 Å². The van der Waals surface area contributed by atoms with Crippen LogP contribution in [0.1, 0.15) is 49.7 Å². The quantitative estimate of drug-likeness (QED) is 0.390. The van der Waals surface area contributed by atoms with Crippen LogP contribution in [0, 0.1) is 5.92 Å². The second-order valence-corrected chi connectivity index (χ2v) is 8.14. The van der Waals surface area contributed by atoms with Crippen LogP contribution >= 0.6 is 11.6 Å². The molecule has 1 aliphatic carbocycles. The molecule has 0 unspecified atom stereocenters. The molecular formula is C23H25ClF2N4O2. The van der Waals surface area contributed by atoms with Crippen molar-refractivity contribution in [3.8, 4) is 0 Å². The lowest BCUT2D eigenvalue weighted by atomic mass is 9.86. The van der Waals surface area contributed by atoms with Gasteiger partial charge in [-0.05, 0) is 31.0 Å². The molecular weight excluding hydrogens is 438 g/mol. The minimum absolute atomic E-state index is 0.0440. The van der Waals surface area contributed by atoms with E-state index in [0.29, 0.717) is 16.3 Å². The van der Waals surface area contributed by atoms with Crippen molar-refractivity contribution < 1.29 is 18.4 Å². The third kappa shape index (κ3) is 6.09. The van der Waals surface area contributed by atoms with Crippen molar-refractivity contribution in [1.29, 1.82) is 0 Å². The lowest BCUT2D eigenvalue weighted by Crippen LogP contribution is -2.42. The van der Waals surface area contributed by atoms with Gasteiger partial charge in [-0.3, -0.25) is 14.7 Å². The Bertz CT molecular complexity index is 963. The predicted molar refractivity (Wildman–Crippen MR) is 120 cm³/mol. The summed E-state index contributed by atoms with van der Waals surface area (Å²) < 4.78 is 25.7. The Hall–Kier alpha value is -2.87. The molecule has 0 saturated heterocycles. The Labute approximate surface area is 190 Å². The van der Waals surface area contributed by atoms with Crippen LogP contribution < -0.4 is 4.90 Å². The van der Waals surface area contributed by atoms with Gasteiger partial charge in [0.1, 0.15) is 6.54 Å². The molecule has 2 amide bonds. The number of anilines is 1. The maximum atomic E-state index is 13.2. The van der Waals surface area contributed by atoms with Gasteiger partial charge in [0.25, 0.3) is 6.43 Å². The summed E-state index contributed by atoms with van der Waals surface area (Å²) in [7, 11) is 1.51. The Morgan fingerprint density at radius 1 is 1.19 bits per heavy atom. The number of rotatable bonds is 7. The topological polar surface area (TPSA) is 65.9 Å². The summed E-state index contributed by atoms with van der Waals surface area (Å²) in [4.78, 5) is 31.2. The number of hydrazone groups is 1. The molecule has 0 bridgehead atoms. The van der Waals surface area contributed by atoms with E-state index in [1.165, 1.54) is 48.6 Å². The fraction of sp³-hybridized carbons (Fsp3) is 0.391. The first kappa shape index (κ1) is 23.8. The Morgan fingerprint density at radius 3 is 2.50 bits per heavy atom. The summed E-state index contributed by atoms with van der Waals surface area (Å²) in [6, 6.07) is 6.49. The second kappa shape index (κ2) is 11.1. The van der Waals surface area contributed by atoms with Crippen molar-refractivity contribution in [2.45, 2.75) is 38.5 Å². The largest absolute Gasteiger partial charge is 0.345 e. The fourth-order valence-electron chi connectivity index (χ4n) is 3.61. The monoisotopic (exact) mass is 462 g/mol. The van der Waals surface area contributed by atoms with Gasteiger partial charge in [0.2, 0.25) is 0 Å². The highest BCUT2D eigenvalue weighted by Gasteiger charge is 2.27. The Kier molecular flexibility index (Phi) is 8.27. The first-order valence-corrected chi connectivity index (χ1v) is 10.8. The van der Waals surface area contributed by atoms with E-state index < -0.39 is 12.5 Å². The molecule has 32 heavy (non-hydrogen) atoms. The number of benzene rings is 1. The molecule has 1 saturated carbocycles. The molecule has 1 aromatic carbocycles. The number of halogens is 3. The number of carbonyl (C=O) groups excluding carboxylic acids is 2. The van der Waals surface area contributed by atoms with Gasteiger partial charge < -0.3 is 0 Å². The van der Waals surface area contributed by atoms with Crippen molar-refractivity contribution in [2.75, 3.05) is 18.5 Å². The summed E-state index contributed by atoms with van der Waals surface area (Å²) in [5.74, 6) is -0.133. The Balaban J connectivity index is 1.81. The van der Waals surface area contributed by atoms with Crippen molar-refractivity contribution in [3.05, 3.63) is 58.9 Å². The van der Waals surface area contributed by atoms with E-state index in [4.69, 9.17) is 11.6 Å². The first-order valence-electron chi connectivity index (χ1n) is 10.5. The highest BCUT2D eigenvalue weighted by atomic mass is 35.5. The predicted octanol–water partition coefficient (Wildman–Crippen LogP) is 5.71. The van der Waals surface area contributed by atoms with Crippen LogP contribution in [0.5, 0.6) is 0 Å². The summed E-state index contributed by atoms with van der Waals surface area (Å²) in [5, 5.41) is 5.70. The zero-order valence-corrected chi connectivity index (χ0v) is 18.5. The van der Waals surface area contributed by atoms with Gasteiger partial charge >= 0.3 is 6.03 Å². The summed E-state index contributed by atoms with van der Waals surface area (Å²) in [6.07, 6.45) is 6.54. The number of Topliss-reactive ketones (excluding diaryl/α,β-unsaturated/α-hetero) is 1. The van der Waals surface area contributed by atoms with E-state index in [1.807, 2.05) is 0 Å². The number of ketones is 1. The van der Waals surface area contributed by atoms with Gasteiger partial charge in [-0.15, -0.1) is 0 Å². The molecule has 0 spiro atoms. The molecule has 9 heteroatoms. The number of urea groups is 1. The molecule has 3 rings (SSSR count). The number of nitrogens with zero attached hydrogens (tertiary/aromatic N) is 4. The van der Waals surface area contributed by atoms with Gasteiger partial charge in [0, 0.05) is 42.2 Å². The van der Waals surface area contributed by atoms with Gasteiger partial charge in [0.15, 0.2) is 5.78 Å². The molecule has 1 aromatic heterocycles. The average molecular weight is 463 g/mol. The van der Waals surface area contributed by atoms with Crippen molar-refractivity contribution in [3.63, 3.8) is 0 Å². The van der Waals surface area contributed by atoms with E-state index in [2.05, 4.69) is 10.1 Å². The van der Waals surface area contributed by atoms with Crippen LogP contribution in [0.3, 0.4) is 0 Å². The minimum atomic E-state index is -2.59. The molecule has 0 atom stereocenters. The van der Waals surface area contributed by atoms with Gasteiger partial charge in [-0.1, -0.05) is 43.0 Å². The van der Waals surface area contributed by atoms with Gasteiger partial charge in [-0.25, -0.2) is 18.6 Å². The van der Waals surface area contributed by atoms with Crippen LogP contribution in [0.15, 0.2) is 47.8 Å². The number of hydrogen-bond acceptors (Lipinski definition) is 4. The second-order valence-electron chi connectivity index (χ2n) is 7.73. The maximum Gasteiger partial charge on any atom is 0.345 e. The molecule has 1 fully saturated rings. The first-order chi connectivity index (χ1) is 15.4. The van der Waals surface area contributed by atoms with Crippen LogP contribution in [0.4, 0.5) is 19.3 Å². The minimum Gasteiger partial charge on any atom is -0.297 e. The van der Waals surface area contributed by atoms with Crippen LogP contribution in [-0.4, -0.2) is 41.6 Å². The molecule has 2 aromatic rings. The molecule has 1 aliphatic rings. The van der Waals surface area contributed by atoms with Crippen LogP contribution in [0.25, 0.3) is 0 Å². The van der Waals surface area contributed by atoms with Crippen molar-refractivity contribution >= 4 is 35.3 Å². The number of alkyl halides is 2. The molecule has 0 N–H and O–H groups in total.